The molecule has 0 unspecified atom stereocenters. The van der Waals surface area contributed by atoms with Crippen molar-refractivity contribution < 1.29 is 14.4 Å². The van der Waals surface area contributed by atoms with Crippen LogP contribution < -0.4 is 19.7 Å². The van der Waals surface area contributed by atoms with Crippen molar-refractivity contribution in [3.05, 3.63) is 90.5 Å². The number of oxime groups is 2. The van der Waals surface area contributed by atoms with Crippen molar-refractivity contribution in [2.45, 2.75) is 13.8 Å². The maximum atomic E-state index is 5.60. The van der Waals surface area contributed by atoms with E-state index in [-0.39, 0.29) is 11.9 Å². The van der Waals surface area contributed by atoms with E-state index < -0.39 is 0 Å². The highest BCUT2D eigenvalue weighted by Crippen LogP contribution is 2.28. The van der Waals surface area contributed by atoms with E-state index in [9.17, 15) is 0 Å². The van der Waals surface area contributed by atoms with E-state index in [2.05, 4.69) is 35.6 Å². The Balaban J connectivity index is 1.62. The van der Waals surface area contributed by atoms with Crippen molar-refractivity contribution in [2.75, 3.05) is 12.4 Å². The lowest BCUT2D eigenvalue weighted by molar-refractivity contribution is 0.289. The first kappa shape index (κ1) is 23.3. The van der Waals surface area contributed by atoms with Crippen molar-refractivity contribution in [3.8, 4) is 17.6 Å². The molecule has 1 aromatic carbocycles. The highest BCUT2D eigenvalue weighted by Gasteiger charge is 2.11. The van der Waals surface area contributed by atoms with Gasteiger partial charge in [0.25, 0.3) is 5.88 Å². The summed E-state index contributed by atoms with van der Waals surface area (Å²) in [6.07, 6.45) is 6.72. The van der Waals surface area contributed by atoms with E-state index in [4.69, 9.17) is 14.4 Å². The molecule has 0 atom stereocenters. The van der Waals surface area contributed by atoms with Gasteiger partial charge in [-0.15, -0.1) is 0 Å². The quantitative estimate of drug-likeness (QED) is 0.279. The average Bonchev–Trinajstić information content (AvgIpc) is 2.91. The summed E-state index contributed by atoms with van der Waals surface area (Å²) in [6, 6.07) is 16.4. The first-order valence-corrected chi connectivity index (χ1v) is 10.7. The molecule has 4 aromatic rings. The molecular weight excluding hydrogens is 446 g/mol. The van der Waals surface area contributed by atoms with Gasteiger partial charge >= 0.3 is 6.01 Å². The number of nitrogens with zero attached hydrogens (tertiary/aromatic N) is 6. The average molecular weight is 470 g/mol. The Morgan fingerprint density at radius 1 is 0.771 bits per heavy atom. The molecule has 10 nitrogen and oxygen atoms in total. The van der Waals surface area contributed by atoms with Crippen LogP contribution in [0.25, 0.3) is 0 Å². The first-order chi connectivity index (χ1) is 17.1. The smallest absolute Gasteiger partial charge is 0.351 e. The van der Waals surface area contributed by atoms with Crippen LogP contribution in [0.3, 0.4) is 0 Å². The summed E-state index contributed by atoms with van der Waals surface area (Å²) in [5.74, 6) is 1.22. The molecule has 10 heteroatoms. The molecule has 35 heavy (non-hydrogen) atoms. The standard InChI is InChI=1S/C25H23N7O3/c1-17(19-8-12-26-13-9-19)31-34-24-16-23(28-21-6-4-5-7-22(21)33-3)29-25(30-24)35-32-18(2)20-10-14-27-15-11-20/h4-16H,1-3H3,(H,28,29,30). The van der Waals surface area contributed by atoms with E-state index >= 15 is 0 Å². The number of anilines is 2. The van der Waals surface area contributed by atoms with Gasteiger partial charge in [-0.25, -0.2) is 0 Å². The molecular formula is C25H23N7O3. The Labute approximate surface area is 202 Å². The van der Waals surface area contributed by atoms with Gasteiger partial charge in [0.2, 0.25) is 0 Å². The molecule has 3 aromatic heterocycles. The van der Waals surface area contributed by atoms with Crippen LogP contribution in [0.4, 0.5) is 11.5 Å². The molecule has 0 amide bonds. The molecule has 0 fully saturated rings. The molecule has 0 bridgehead atoms. The molecule has 0 saturated heterocycles. The molecule has 0 saturated carbocycles. The summed E-state index contributed by atoms with van der Waals surface area (Å²) in [5, 5.41) is 11.5. The summed E-state index contributed by atoms with van der Waals surface area (Å²) in [4.78, 5) is 27.8. The van der Waals surface area contributed by atoms with E-state index in [1.165, 1.54) is 0 Å². The Morgan fingerprint density at radius 3 is 2.00 bits per heavy atom. The Kier molecular flexibility index (Phi) is 7.54. The van der Waals surface area contributed by atoms with Gasteiger partial charge in [-0.2, -0.15) is 9.97 Å². The van der Waals surface area contributed by atoms with E-state index in [1.807, 2.05) is 62.4 Å². The van der Waals surface area contributed by atoms with Gasteiger partial charge in [0, 0.05) is 42.0 Å². The zero-order valence-corrected chi connectivity index (χ0v) is 19.4. The third kappa shape index (κ3) is 6.35. The number of methoxy groups -OCH3 is 1. The monoisotopic (exact) mass is 469 g/mol. The molecule has 0 spiro atoms. The van der Waals surface area contributed by atoms with E-state index in [0.717, 1.165) is 11.1 Å². The maximum absolute atomic E-state index is 5.60. The second-order valence-corrected chi connectivity index (χ2v) is 7.21. The fourth-order valence-electron chi connectivity index (χ4n) is 2.96. The number of ether oxygens (including phenoxy) is 1. The van der Waals surface area contributed by atoms with Crippen LogP contribution in [0.2, 0.25) is 0 Å². The summed E-state index contributed by atoms with van der Waals surface area (Å²) in [6.45, 7) is 3.64. The van der Waals surface area contributed by atoms with Gasteiger partial charge in [-0.3, -0.25) is 9.97 Å². The van der Waals surface area contributed by atoms with Crippen molar-refractivity contribution in [2.24, 2.45) is 10.3 Å². The lowest BCUT2D eigenvalue weighted by Crippen LogP contribution is -2.04. The zero-order chi connectivity index (χ0) is 24.5. The SMILES string of the molecule is COc1ccccc1Nc1cc(ON=C(C)c2ccncc2)nc(ON=C(C)c2ccncc2)n1. The minimum atomic E-state index is -0.0231. The van der Waals surface area contributed by atoms with Gasteiger partial charge in [0.15, 0.2) is 0 Å². The predicted octanol–water partition coefficient (Wildman–Crippen LogP) is 4.62. The van der Waals surface area contributed by atoms with Crippen LogP contribution in [-0.2, 0) is 0 Å². The molecule has 176 valence electrons. The van der Waals surface area contributed by atoms with E-state index in [1.54, 1.807) is 38.0 Å². The minimum absolute atomic E-state index is 0.0231. The van der Waals surface area contributed by atoms with Crippen molar-refractivity contribution >= 4 is 22.9 Å². The number of rotatable bonds is 9. The number of nitrogens with one attached hydrogen (secondary N) is 1. The molecule has 0 aliphatic rings. The van der Waals surface area contributed by atoms with Gasteiger partial charge < -0.3 is 19.7 Å². The molecule has 0 aliphatic heterocycles. The van der Waals surface area contributed by atoms with Crippen LogP contribution in [-0.4, -0.2) is 38.5 Å². The van der Waals surface area contributed by atoms with Gasteiger partial charge in [0.05, 0.1) is 24.2 Å². The van der Waals surface area contributed by atoms with Crippen molar-refractivity contribution in [1.29, 1.82) is 0 Å². The van der Waals surface area contributed by atoms with Crippen LogP contribution >= 0.6 is 0 Å². The number of pyridine rings is 2. The minimum Gasteiger partial charge on any atom is -0.495 e. The van der Waals surface area contributed by atoms with Crippen LogP contribution in [0.1, 0.15) is 25.0 Å². The van der Waals surface area contributed by atoms with E-state index in [0.29, 0.717) is 28.7 Å². The first-order valence-electron chi connectivity index (χ1n) is 10.7. The van der Waals surface area contributed by atoms with Gasteiger partial charge in [0.1, 0.15) is 11.6 Å². The Hall–Kier alpha value is -4.86. The number of para-hydroxylation sites is 2. The van der Waals surface area contributed by atoms with Crippen molar-refractivity contribution in [3.63, 3.8) is 0 Å². The number of hydrogen-bond acceptors (Lipinski definition) is 10. The highest BCUT2D eigenvalue weighted by atomic mass is 16.7. The predicted molar refractivity (Wildman–Crippen MR) is 132 cm³/mol. The third-order valence-corrected chi connectivity index (χ3v) is 4.79. The van der Waals surface area contributed by atoms with Gasteiger partial charge in [-0.1, -0.05) is 22.4 Å². The number of aromatic nitrogens is 4. The summed E-state index contributed by atoms with van der Waals surface area (Å²) >= 11 is 0. The molecule has 0 aliphatic carbocycles. The molecule has 0 radical (unpaired) electrons. The number of benzene rings is 1. The maximum Gasteiger partial charge on any atom is 0.351 e. The Bertz CT molecular complexity index is 1250. The van der Waals surface area contributed by atoms with Crippen LogP contribution in [0.5, 0.6) is 17.6 Å². The summed E-state index contributed by atoms with van der Waals surface area (Å²) in [5.41, 5.74) is 3.72. The summed E-state index contributed by atoms with van der Waals surface area (Å²) in [7, 11) is 1.59. The largest absolute Gasteiger partial charge is 0.495 e. The summed E-state index contributed by atoms with van der Waals surface area (Å²) < 4.78 is 5.41. The highest BCUT2D eigenvalue weighted by molar-refractivity contribution is 5.98. The normalized spacial score (nSPS) is 11.6. The van der Waals surface area contributed by atoms with Gasteiger partial charge in [-0.05, 0) is 50.2 Å². The molecule has 4 rings (SSSR count). The number of hydrogen-bond donors (Lipinski definition) is 1. The Morgan fingerprint density at radius 2 is 1.37 bits per heavy atom. The molecule has 1 N–H and O–H groups in total. The molecule has 3 heterocycles. The fraction of sp³-hybridized carbons (Fsp3) is 0.120. The van der Waals surface area contributed by atoms with Crippen LogP contribution in [0, 0.1) is 0 Å². The lowest BCUT2D eigenvalue weighted by atomic mass is 10.2. The zero-order valence-electron chi connectivity index (χ0n) is 19.4. The van der Waals surface area contributed by atoms with Crippen molar-refractivity contribution in [1.82, 2.24) is 19.9 Å². The third-order valence-electron chi connectivity index (χ3n) is 4.79. The lowest BCUT2D eigenvalue weighted by Gasteiger charge is -2.11. The topological polar surface area (TPSA) is 116 Å². The fourth-order valence-corrected chi connectivity index (χ4v) is 2.96. The second-order valence-electron chi connectivity index (χ2n) is 7.21. The van der Waals surface area contributed by atoms with Crippen LogP contribution in [0.15, 0.2) is 89.7 Å². The second kappa shape index (κ2) is 11.3.